The molecule has 1 aromatic carbocycles. The summed E-state index contributed by atoms with van der Waals surface area (Å²) in [6.45, 7) is 10.8. The van der Waals surface area contributed by atoms with E-state index in [-0.39, 0.29) is 47.2 Å². The number of H-pyrrole nitrogens is 1. The van der Waals surface area contributed by atoms with Gasteiger partial charge in [0.2, 0.25) is 10.0 Å². The number of sulfonamides is 1. The summed E-state index contributed by atoms with van der Waals surface area (Å²) in [5.74, 6) is 0.649. The molecule has 250 valence electrons. The molecule has 0 bridgehead atoms. The molecular formula is C33H41N7O6S. The third kappa shape index (κ3) is 6.75. The van der Waals surface area contributed by atoms with E-state index >= 15 is 0 Å². The second kappa shape index (κ2) is 12.7. The van der Waals surface area contributed by atoms with Crippen molar-refractivity contribution in [2.75, 3.05) is 19.7 Å². The number of carbonyl (C=O) groups excluding carboxylic acids is 1. The van der Waals surface area contributed by atoms with Crippen LogP contribution >= 0.6 is 0 Å². The zero-order valence-electron chi connectivity index (χ0n) is 27.3. The summed E-state index contributed by atoms with van der Waals surface area (Å²) in [4.78, 5) is 37.9. The highest BCUT2D eigenvalue weighted by molar-refractivity contribution is 7.89. The summed E-state index contributed by atoms with van der Waals surface area (Å²) in [6, 6.07) is 10.2. The van der Waals surface area contributed by atoms with Crippen LogP contribution in [0.2, 0.25) is 0 Å². The Morgan fingerprint density at radius 2 is 1.85 bits per heavy atom. The number of aromatic nitrogens is 5. The van der Waals surface area contributed by atoms with Crippen LogP contribution in [0.3, 0.4) is 0 Å². The SMILES string of the molecule is CCCOc1ccc(S(=O)(=O)N2CC3C(C2)C3NC(=O)OC(C)(C)C)cc1-c1nc2c(CCC)n(Cc3ccccn3)nc2c(=O)[nH]1. The van der Waals surface area contributed by atoms with Crippen molar-refractivity contribution in [1.29, 1.82) is 0 Å². The Balaban J connectivity index is 1.31. The van der Waals surface area contributed by atoms with Gasteiger partial charge in [0.25, 0.3) is 5.56 Å². The van der Waals surface area contributed by atoms with Crippen molar-refractivity contribution in [2.45, 2.75) is 77.0 Å². The summed E-state index contributed by atoms with van der Waals surface area (Å²) >= 11 is 0. The molecule has 14 heteroatoms. The number of ether oxygens (including phenoxy) is 2. The highest BCUT2D eigenvalue weighted by Gasteiger charge is 2.59. The van der Waals surface area contributed by atoms with Gasteiger partial charge in [0, 0.05) is 25.3 Å². The van der Waals surface area contributed by atoms with E-state index in [4.69, 9.17) is 14.5 Å². The Morgan fingerprint density at radius 1 is 1.09 bits per heavy atom. The van der Waals surface area contributed by atoms with Crippen LogP contribution in [0.15, 0.2) is 52.3 Å². The molecule has 4 heterocycles. The lowest BCUT2D eigenvalue weighted by molar-refractivity contribution is 0.0516. The van der Waals surface area contributed by atoms with Crippen LogP contribution in [-0.2, 0) is 27.7 Å². The number of aromatic amines is 1. The van der Waals surface area contributed by atoms with Crippen molar-refractivity contribution < 1.29 is 22.7 Å². The molecule has 2 aliphatic rings. The van der Waals surface area contributed by atoms with Crippen LogP contribution in [0, 0.1) is 11.8 Å². The molecular weight excluding hydrogens is 622 g/mol. The van der Waals surface area contributed by atoms with Gasteiger partial charge in [0.15, 0.2) is 5.52 Å². The molecule has 3 aromatic heterocycles. The van der Waals surface area contributed by atoms with Crippen molar-refractivity contribution in [3.05, 3.63) is 64.3 Å². The van der Waals surface area contributed by atoms with E-state index in [1.807, 2.05) is 32.0 Å². The van der Waals surface area contributed by atoms with Crippen molar-refractivity contribution in [1.82, 2.24) is 34.4 Å². The fourth-order valence-corrected chi connectivity index (χ4v) is 7.68. The molecule has 1 aliphatic heterocycles. The fourth-order valence-electron chi connectivity index (χ4n) is 6.14. The Morgan fingerprint density at radius 3 is 2.51 bits per heavy atom. The standard InChI is InChI=1S/C33H41N7O6S/c1-6-10-25-28-29(38-40(25)17-20-11-8-9-14-34-20)31(41)37-30(35-28)22-16-21(12-13-26(22)45-15-7-2)47(43,44)39-18-23-24(19-39)27(23)36-32(42)46-33(3,4)5/h8-9,11-14,16,23-24,27H,6-7,10,15,17-19H2,1-5H3,(H,36,42)(H,35,37,41). The summed E-state index contributed by atoms with van der Waals surface area (Å²) < 4.78 is 42.3. The van der Waals surface area contributed by atoms with Crippen LogP contribution in [0.1, 0.15) is 58.8 Å². The molecule has 13 nitrogen and oxygen atoms in total. The number of piperidine rings is 1. The van der Waals surface area contributed by atoms with Gasteiger partial charge in [0.1, 0.15) is 22.7 Å². The maximum Gasteiger partial charge on any atom is 0.407 e. The van der Waals surface area contributed by atoms with Gasteiger partial charge in [-0.15, -0.1) is 0 Å². The molecule has 2 atom stereocenters. The number of nitrogens with one attached hydrogen (secondary N) is 2. The smallest absolute Gasteiger partial charge is 0.407 e. The first kappa shape index (κ1) is 32.6. The lowest BCUT2D eigenvalue weighted by Crippen LogP contribution is -2.39. The first-order valence-electron chi connectivity index (χ1n) is 16.1. The number of pyridine rings is 1. The van der Waals surface area contributed by atoms with Crippen molar-refractivity contribution >= 4 is 27.1 Å². The number of aryl methyl sites for hydroxylation is 1. The van der Waals surface area contributed by atoms with E-state index in [1.54, 1.807) is 37.7 Å². The van der Waals surface area contributed by atoms with Crippen LogP contribution in [-0.4, -0.2) is 74.9 Å². The Kier molecular flexibility index (Phi) is 8.83. The van der Waals surface area contributed by atoms with Gasteiger partial charge in [-0.25, -0.2) is 18.2 Å². The minimum absolute atomic E-state index is 0.0176. The summed E-state index contributed by atoms with van der Waals surface area (Å²) in [7, 11) is -3.90. The molecule has 0 spiro atoms. The van der Waals surface area contributed by atoms with Crippen molar-refractivity contribution in [3.63, 3.8) is 0 Å². The Bertz CT molecular complexity index is 1940. The van der Waals surface area contributed by atoms with Gasteiger partial charge < -0.3 is 19.8 Å². The molecule has 2 N–H and O–H groups in total. The van der Waals surface area contributed by atoms with E-state index in [2.05, 4.69) is 20.4 Å². The molecule has 4 aromatic rings. The van der Waals surface area contributed by atoms with E-state index < -0.39 is 27.3 Å². The van der Waals surface area contributed by atoms with E-state index in [0.29, 0.717) is 36.4 Å². The minimum Gasteiger partial charge on any atom is -0.493 e. The van der Waals surface area contributed by atoms with Crippen LogP contribution in [0.25, 0.3) is 22.4 Å². The van der Waals surface area contributed by atoms with E-state index in [0.717, 1.165) is 24.2 Å². The summed E-state index contributed by atoms with van der Waals surface area (Å²) in [5, 5.41) is 7.48. The highest BCUT2D eigenvalue weighted by Crippen LogP contribution is 2.47. The zero-order valence-corrected chi connectivity index (χ0v) is 28.1. The maximum atomic E-state index is 13.9. The molecule has 6 rings (SSSR count). The molecule has 1 saturated heterocycles. The number of nitrogens with zero attached hydrogens (tertiary/aromatic N) is 5. The number of hydrogen-bond acceptors (Lipinski definition) is 9. The first-order valence-corrected chi connectivity index (χ1v) is 17.5. The van der Waals surface area contributed by atoms with Crippen LogP contribution in [0.4, 0.5) is 4.79 Å². The van der Waals surface area contributed by atoms with Gasteiger partial charge in [-0.1, -0.05) is 26.3 Å². The average Bonchev–Trinajstić information content (AvgIpc) is 3.31. The first-order chi connectivity index (χ1) is 22.4. The largest absolute Gasteiger partial charge is 0.493 e. The highest BCUT2D eigenvalue weighted by atomic mass is 32.2. The minimum atomic E-state index is -3.90. The number of fused-ring (bicyclic) bond motifs is 2. The number of rotatable bonds is 11. The summed E-state index contributed by atoms with van der Waals surface area (Å²) in [6.07, 6.45) is 3.38. The third-order valence-electron chi connectivity index (χ3n) is 8.37. The molecule has 0 radical (unpaired) electrons. The predicted octanol–water partition coefficient (Wildman–Crippen LogP) is 4.11. The lowest BCUT2D eigenvalue weighted by Gasteiger charge is -2.22. The number of amides is 1. The maximum absolute atomic E-state index is 13.9. The predicted molar refractivity (Wildman–Crippen MR) is 176 cm³/mol. The lowest BCUT2D eigenvalue weighted by atomic mass is 10.1. The van der Waals surface area contributed by atoms with Gasteiger partial charge in [0.05, 0.1) is 35.0 Å². The zero-order chi connectivity index (χ0) is 33.5. The third-order valence-corrected chi connectivity index (χ3v) is 10.2. The molecule has 2 fully saturated rings. The van der Waals surface area contributed by atoms with Gasteiger partial charge >= 0.3 is 6.09 Å². The second-order valence-corrected chi connectivity index (χ2v) is 15.1. The topological polar surface area (TPSA) is 161 Å². The van der Waals surface area contributed by atoms with Crippen molar-refractivity contribution in [2.24, 2.45) is 11.8 Å². The average molecular weight is 664 g/mol. The van der Waals surface area contributed by atoms with Gasteiger partial charge in [-0.05, 0) is 75.8 Å². The normalized spacial score (nSPS) is 19.5. The Labute approximate surface area is 273 Å². The monoisotopic (exact) mass is 663 g/mol. The summed E-state index contributed by atoms with van der Waals surface area (Å²) in [5.41, 5.74) is 1.58. The number of benzene rings is 1. The molecule has 47 heavy (non-hydrogen) atoms. The fraction of sp³-hybridized carbons (Fsp3) is 0.485. The number of carbonyl (C=O) groups is 1. The Hall–Kier alpha value is -4.30. The quantitative estimate of drug-likeness (QED) is 0.241. The number of hydrogen-bond donors (Lipinski definition) is 2. The van der Waals surface area contributed by atoms with E-state index in [9.17, 15) is 18.0 Å². The van der Waals surface area contributed by atoms with E-state index in [1.165, 1.54) is 16.4 Å². The second-order valence-electron chi connectivity index (χ2n) is 13.1. The molecule has 1 amide bonds. The van der Waals surface area contributed by atoms with Gasteiger partial charge in [-0.2, -0.15) is 9.40 Å². The molecule has 1 saturated carbocycles. The van der Waals surface area contributed by atoms with Crippen LogP contribution in [0.5, 0.6) is 5.75 Å². The van der Waals surface area contributed by atoms with Gasteiger partial charge in [-0.3, -0.25) is 14.5 Å². The molecule has 2 unspecified atom stereocenters. The van der Waals surface area contributed by atoms with Crippen molar-refractivity contribution in [3.8, 4) is 17.1 Å². The molecule has 1 aliphatic carbocycles. The number of alkyl carbamates (subject to hydrolysis) is 1. The van der Waals surface area contributed by atoms with Crippen LogP contribution < -0.4 is 15.6 Å².